The van der Waals surface area contributed by atoms with Crippen LogP contribution in [0.3, 0.4) is 0 Å². The fourth-order valence-corrected chi connectivity index (χ4v) is 2.22. The molecule has 2 aromatic rings. The lowest BCUT2D eigenvalue weighted by molar-refractivity contribution is -0.140. The van der Waals surface area contributed by atoms with Gasteiger partial charge in [-0.1, -0.05) is 36.4 Å². The lowest BCUT2D eigenvalue weighted by atomic mass is 10.1. The van der Waals surface area contributed by atoms with Gasteiger partial charge in [0.25, 0.3) is 0 Å². The minimum absolute atomic E-state index is 0.139. The van der Waals surface area contributed by atoms with Crippen LogP contribution in [0.2, 0.25) is 0 Å². The smallest absolute Gasteiger partial charge is 0.324 e. The van der Waals surface area contributed by atoms with Crippen LogP contribution in [-0.2, 0) is 4.79 Å². The molecule has 2 aromatic carbocycles. The number of hydrogen-bond acceptors (Lipinski definition) is 3. The standard InChI is InChI=1S/C16H17NO3/c18-16(19)14(17-12-8-9-12)10-20-15-7-3-5-11-4-1-2-6-13(11)15/h1-7,12,14,17H,8-10H2,(H,18,19). The van der Waals surface area contributed by atoms with Gasteiger partial charge in [-0.05, 0) is 24.3 Å². The number of aliphatic carboxylic acids is 1. The number of carboxylic acids is 1. The molecule has 1 atom stereocenters. The first-order valence-corrected chi connectivity index (χ1v) is 6.83. The second kappa shape index (κ2) is 5.51. The second-order valence-electron chi connectivity index (χ2n) is 5.12. The zero-order valence-corrected chi connectivity index (χ0v) is 11.1. The average Bonchev–Trinajstić information content (AvgIpc) is 3.27. The van der Waals surface area contributed by atoms with Gasteiger partial charge in [-0.25, -0.2) is 0 Å². The topological polar surface area (TPSA) is 58.6 Å². The minimum atomic E-state index is -0.864. The van der Waals surface area contributed by atoms with E-state index in [-0.39, 0.29) is 6.61 Å². The van der Waals surface area contributed by atoms with Gasteiger partial charge in [0.15, 0.2) is 0 Å². The van der Waals surface area contributed by atoms with E-state index in [4.69, 9.17) is 4.74 Å². The van der Waals surface area contributed by atoms with Crippen LogP contribution < -0.4 is 10.1 Å². The number of benzene rings is 2. The molecule has 0 radical (unpaired) electrons. The van der Waals surface area contributed by atoms with E-state index in [1.165, 1.54) is 0 Å². The predicted octanol–water partition coefficient (Wildman–Crippen LogP) is 2.42. The van der Waals surface area contributed by atoms with Crippen LogP contribution >= 0.6 is 0 Å². The van der Waals surface area contributed by atoms with Crippen molar-refractivity contribution in [3.05, 3.63) is 42.5 Å². The molecule has 4 nitrogen and oxygen atoms in total. The van der Waals surface area contributed by atoms with Crippen LogP contribution in [0.25, 0.3) is 10.8 Å². The van der Waals surface area contributed by atoms with Gasteiger partial charge >= 0.3 is 5.97 Å². The largest absolute Gasteiger partial charge is 0.491 e. The van der Waals surface area contributed by atoms with E-state index in [0.717, 1.165) is 29.4 Å². The first kappa shape index (κ1) is 12.9. The van der Waals surface area contributed by atoms with Crippen LogP contribution in [-0.4, -0.2) is 29.8 Å². The zero-order valence-electron chi connectivity index (χ0n) is 11.1. The number of rotatable bonds is 6. The van der Waals surface area contributed by atoms with Crippen LogP contribution in [0.1, 0.15) is 12.8 Å². The summed E-state index contributed by atoms with van der Waals surface area (Å²) < 4.78 is 5.73. The van der Waals surface area contributed by atoms with E-state index in [0.29, 0.717) is 6.04 Å². The summed E-state index contributed by atoms with van der Waals surface area (Å²) in [6.45, 7) is 0.139. The van der Waals surface area contributed by atoms with E-state index in [9.17, 15) is 9.90 Å². The van der Waals surface area contributed by atoms with E-state index >= 15 is 0 Å². The van der Waals surface area contributed by atoms with Crippen LogP contribution in [0.15, 0.2) is 42.5 Å². The van der Waals surface area contributed by atoms with Gasteiger partial charge < -0.3 is 9.84 Å². The van der Waals surface area contributed by atoms with Crippen molar-refractivity contribution in [1.82, 2.24) is 5.32 Å². The predicted molar refractivity (Wildman–Crippen MR) is 77.0 cm³/mol. The Morgan fingerprint density at radius 3 is 2.75 bits per heavy atom. The molecular formula is C16H17NO3. The molecule has 0 spiro atoms. The van der Waals surface area contributed by atoms with Crippen molar-refractivity contribution in [3.63, 3.8) is 0 Å². The summed E-state index contributed by atoms with van der Waals surface area (Å²) in [7, 11) is 0. The molecule has 1 aliphatic carbocycles. The summed E-state index contributed by atoms with van der Waals surface area (Å²) in [5.74, 6) is -0.135. The van der Waals surface area contributed by atoms with E-state index < -0.39 is 12.0 Å². The third-order valence-corrected chi connectivity index (χ3v) is 3.47. The monoisotopic (exact) mass is 271 g/mol. The van der Waals surface area contributed by atoms with Crippen molar-refractivity contribution in [2.75, 3.05) is 6.61 Å². The molecule has 20 heavy (non-hydrogen) atoms. The van der Waals surface area contributed by atoms with Gasteiger partial charge in [0.1, 0.15) is 18.4 Å². The van der Waals surface area contributed by atoms with E-state index in [1.807, 2.05) is 42.5 Å². The summed E-state index contributed by atoms with van der Waals surface area (Å²) in [5.41, 5.74) is 0. The Kier molecular flexibility index (Phi) is 3.56. The van der Waals surface area contributed by atoms with Crippen LogP contribution in [0.4, 0.5) is 0 Å². The molecule has 0 saturated heterocycles. The molecular weight excluding hydrogens is 254 g/mol. The van der Waals surface area contributed by atoms with Crippen molar-refractivity contribution >= 4 is 16.7 Å². The summed E-state index contributed by atoms with van der Waals surface area (Å²) >= 11 is 0. The van der Waals surface area contributed by atoms with Crippen molar-refractivity contribution in [1.29, 1.82) is 0 Å². The highest BCUT2D eigenvalue weighted by atomic mass is 16.5. The van der Waals surface area contributed by atoms with Gasteiger partial charge in [0.05, 0.1) is 0 Å². The van der Waals surface area contributed by atoms with Crippen molar-refractivity contribution < 1.29 is 14.6 Å². The Labute approximate surface area is 117 Å². The molecule has 0 amide bonds. The van der Waals surface area contributed by atoms with Gasteiger partial charge in [0.2, 0.25) is 0 Å². The third kappa shape index (κ3) is 2.91. The molecule has 4 heteroatoms. The Morgan fingerprint density at radius 1 is 1.25 bits per heavy atom. The number of ether oxygens (including phenoxy) is 1. The van der Waals surface area contributed by atoms with Gasteiger partial charge in [-0.2, -0.15) is 0 Å². The lowest BCUT2D eigenvalue weighted by Gasteiger charge is -2.16. The molecule has 1 fully saturated rings. The molecule has 1 saturated carbocycles. The first-order valence-electron chi connectivity index (χ1n) is 6.83. The Bertz CT molecular complexity index is 617. The number of fused-ring (bicyclic) bond motifs is 1. The summed E-state index contributed by atoms with van der Waals surface area (Å²) in [4.78, 5) is 11.2. The maximum absolute atomic E-state index is 11.2. The van der Waals surface area contributed by atoms with Crippen molar-refractivity contribution in [2.24, 2.45) is 0 Å². The van der Waals surface area contributed by atoms with Crippen LogP contribution in [0, 0.1) is 0 Å². The number of hydrogen-bond donors (Lipinski definition) is 2. The van der Waals surface area contributed by atoms with Crippen molar-refractivity contribution in [3.8, 4) is 5.75 Å². The molecule has 0 heterocycles. The summed E-state index contributed by atoms with van der Waals surface area (Å²) in [6.07, 6.45) is 2.11. The van der Waals surface area contributed by atoms with Crippen LogP contribution in [0.5, 0.6) is 5.75 Å². The quantitative estimate of drug-likeness (QED) is 0.847. The fraction of sp³-hybridized carbons (Fsp3) is 0.312. The lowest BCUT2D eigenvalue weighted by Crippen LogP contribution is -2.42. The Morgan fingerprint density at radius 2 is 2.00 bits per heavy atom. The molecule has 1 aliphatic rings. The van der Waals surface area contributed by atoms with Gasteiger partial charge in [-0.15, -0.1) is 0 Å². The van der Waals surface area contributed by atoms with Crippen molar-refractivity contribution in [2.45, 2.75) is 24.9 Å². The first-order chi connectivity index (χ1) is 9.74. The molecule has 0 aromatic heterocycles. The molecule has 2 N–H and O–H groups in total. The highest BCUT2D eigenvalue weighted by molar-refractivity contribution is 5.88. The average molecular weight is 271 g/mol. The van der Waals surface area contributed by atoms with E-state index in [1.54, 1.807) is 0 Å². The maximum atomic E-state index is 11.2. The summed E-state index contributed by atoms with van der Waals surface area (Å²) in [6, 6.07) is 13.4. The minimum Gasteiger partial charge on any atom is -0.491 e. The Hall–Kier alpha value is -2.07. The van der Waals surface area contributed by atoms with Gasteiger partial charge in [0, 0.05) is 11.4 Å². The number of carboxylic acid groups (broad SMARTS) is 1. The fourth-order valence-electron chi connectivity index (χ4n) is 2.22. The van der Waals surface area contributed by atoms with Gasteiger partial charge in [-0.3, -0.25) is 10.1 Å². The maximum Gasteiger partial charge on any atom is 0.324 e. The molecule has 3 rings (SSSR count). The molecule has 0 bridgehead atoms. The summed E-state index contributed by atoms with van der Waals surface area (Å²) in [5, 5.41) is 14.4. The second-order valence-corrected chi connectivity index (χ2v) is 5.12. The highest BCUT2D eigenvalue weighted by Gasteiger charge is 2.28. The van der Waals surface area contributed by atoms with E-state index in [2.05, 4.69) is 5.32 Å². The number of nitrogens with one attached hydrogen (secondary N) is 1. The third-order valence-electron chi connectivity index (χ3n) is 3.47. The Balaban J connectivity index is 1.73. The molecule has 0 aliphatic heterocycles. The zero-order chi connectivity index (χ0) is 13.9. The highest BCUT2D eigenvalue weighted by Crippen LogP contribution is 2.25. The molecule has 104 valence electrons. The SMILES string of the molecule is O=C(O)C(COc1cccc2ccccc12)NC1CC1. The normalized spacial score (nSPS) is 16.0. The number of carbonyl (C=O) groups is 1. The molecule has 1 unspecified atom stereocenters.